The van der Waals surface area contributed by atoms with E-state index < -0.39 is 18.0 Å². The van der Waals surface area contributed by atoms with Gasteiger partial charge >= 0.3 is 6.61 Å². The van der Waals surface area contributed by atoms with E-state index in [4.69, 9.17) is 10.5 Å². The number of hydrogen-bond acceptors (Lipinski definition) is 6. The van der Waals surface area contributed by atoms with Crippen molar-refractivity contribution in [3.63, 3.8) is 0 Å². The van der Waals surface area contributed by atoms with Crippen molar-refractivity contribution in [3.05, 3.63) is 59.2 Å². The summed E-state index contributed by atoms with van der Waals surface area (Å²) in [4.78, 5) is 20.6. The number of rotatable bonds is 6. The molecule has 28 heavy (non-hydrogen) atoms. The highest BCUT2D eigenvalue weighted by molar-refractivity contribution is 5.95. The molecule has 148 valence electrons. The van der Waals surface area contributed by atoms with Gasteiger partial charge in [0.2, 0.25) is 0 Å². The van der Waals surface area contributed by atoms with Gasteiger partial charge in [0.05, 0.1) is 12.8 Å². The van der Waals surface area contributed by atoms with E-state index in [2.05, 4.69) is 14.7 Å². The molecule has 0 amide bonds. The van der Waals surface area contributed by atoms with Crippen LogP contribution in [-0.2, 0) is 16.7 Å². The number of ether oxygens (including phenoxy) is 2. The van der Waals surface area contributed by atoms with E-state index in [-0.39, 0.29) is 48.3 Å². The lowest BCUT2D eigenvalue weighted by Crippen LogP contribution is -2.38. The van der Waals surface area contributed by atoms with Crippen LogP contribution >= 0.6 is 0 Å². The van der Waals surface area contributed by atoms with Crippen molar-refractivity contribution in [2.24, 2.45) is 10.7 Å². The molecule has 0 radical (unpaired) electrons. The number of hydrogen-bond donors (Lipinski definition) is 1. The van der Waals surface area contributed by atoms with Gasteiger partial charge in [-0.3, -0.25) is 9.79 Å². The quantitative estimate of drug-likeness (QED) is 0.763. The molecule has 2 heterocycles. The number of nitrogens with two attached hydrogens (primary N) is 1. The number of carbonyl (C=O) groups is 1. The van der Waals surface area contributed by atoms with Crippen LogP contribution in [0.1, 0.15) is 28.5 Å². The Morgan fingerprint density at radius 2 is 2.14 bits per heavy atom. The lowest BCUT2D eigenvalue weighted by atomic mass is 9.90. The maximum atomic E-state index is 14.4. The van der Waals surface area contributed by atoms with Crippen LogP contribution in [0.5, 0.6) is 5.75 Å². The maximum absolute atomic E-state index is 14.4. The first-order valence-electron chi connectivity index (χ1n) is 8.42. The SMILES string of the molecule is C[C@@]1(c2cc(CC(=O)c3ccc(OC(F)F)cn3)ccc2F)COCC(N)=N1. The van der Waals surface area contributed by atoms with Crippen LogP contribution < -0.4 is 10.5 Å². The van der Waals surface area contributed by atoms with E-state index in [1.807, 2.05) is 0 Å². The topological polar surface area (TPSA) is 86.8 Å². The van der Waals surface area contributed by atoms with Crippen molar-refractivity contribution < 1.29 is 27.4 Å². The third-order valence-corrected chi connectivity index (χ3v) is 4.25. The lowest BCUT2D eigenvalue weighted by Gasteiger charge is -2.30. The molecule has 0 fully saturated rings. The molecule has 2 N–H and O–H groups in total. The van der Waals surface area contributed by atoms with Crippen LogP contribution in [0.15, 0.2) is 41.5 Å². The zero-order valence-corrected chi connectivity index (χ0v) is 15.0. The fraction of sp³-hybridized carbons (Fsp3) is 0.316. The summed E-state index contributed by atoms with van der Waals surface area (Å²) in [6, 6.07) is 6.83. The molecule has 0 spiro atoms. The maximum Gasteiger partial charge on any atom is 0.387 e. The summed E-state index contributed by atoms with van der Waals surface area (Å²) in [7, 11) is 0. The largest absolute Gasteiger partial charge is 0.433 e. The van der Waals surface area contributed by atoms with Gasteiger partial charge in [-0.2, -0.15) is 8.78 Å². The summed E-state index contributed by atoms with van der Waals surface area (Å²) < 4.78 is 48.3. The molecular formula is C19H18F3N3O3. The molecular weight excluding hydrogens is 375 g/mol. The van der Waals surface area contributed by atoms with E-state index in [9.17, 15) is 18.0 Å². The smallest absolute Gasteiger partial charge is 0.387 e. The Hall–Kier alpha value is -2.94. The van der Waals surface area contributed by atoms with Crippen LogP contribution in [0.25, 0.3) is 0 Å². The van der Waals surface area contributed by atoms with Crippen LogP contribution in [0.2, 0.25) is 0 Å². The standard InChI is InChI=1S/C19H18F3N3O3/c1-19(10-27-9-17(23)25-19)13-6-11(2-4-14(13)20)7-16(26)15-5-3-12(8-24-15)28-18(21)22/h2-6,8,18H,7,9-10H2,1H3,(H2,23,25)/t19-/m0/s1. The number of aromatic nitrogens is 1. The van der Waals surface area contributed by atoms with Crippen molar-refractivity contribution >= 4 is 11.6 Å². The van der Waals surface area contributed by atoms with E-state index >= 15 is 0 Å². The first kappa shape index (κ1) is 19.8. The van der Waals surface area contributed by atoms with Crippen molar-refractivity contribution in [3.8, 4) is 5.75 Å². The molecule has 0 unspecified atom stereocenters. The molecule has 0 bridgehead atoms. The van der Waals surface area contributed by atoms with Gasteiger partial charge in [0, 0.05) is 12.0 Å². The van der Waals surface area contributed by atoms with Crippen LogP contribution in [-0.4, -0.2) is 36.4 Å². The number of aliphatic imine (C=N–C) groups is 1. The van der Waals surface area contributed by atoms with Crippen molar-refractivity contribution in [1.82, 2.24) is 4.98 Å². The molecule has 1 aromatic carbocycles. The summed E-state index contributed by atoms with van der Waals surface area (Å²) in [6.07, 6.45) is 0.999. The predicted molar refractivity (Wildman–Crippen MR) is 95.1 cm³/mol. The van der Waals surface area contributed by atoms with E-state index in [0.29, 0.717) is 5.56 Å². The molecule has 3 rings (SSSR count). The summed E-state index contributed by atoms with van der Waals surface area (Å²) in [5.74, 6) is -0.706. The second-order valence-electron chi connectivity index (χ2n) is 6.54. The minimum Gasteiger partial charge on any atom is -0.433 e. The van der Waals surface area contributed by atoms with Crippen LogP contribution in [0, 0.1) is 5.82 Å². The minimum atomic E-state index is -2.97. The number of alkyl halides is 2. The number of amidine groups is 1. The van der Waals surface area contributed by atoms with E-state index in [1.165, 1.54) is 24.3 Å². The fourth-order valence-electron chi connectivity index (χ4n) is 2.96. The second-order valence-corrected chi connectivity index (χ2v) is 6.54. The van der Waals surface area contributed by atoms with Crippen LogP contribution in [0.3, 0.4) is 0 Å². The third kappa shape index (κ3) is 4.48. The molecule has 0 aliphatic carbocycles. The minimum absolute atomic E-state index is 0.0501. The predicted octanol–water partition coefficient (Wildman–Crippen LogP) is 2.85. The fourth-order valence-corrected chi connectivity index (χ4v) is 2.96. The summed E-state index contributed by atoms with van der Waals surface area (Å²) in [5.41, 5.74) is 5.64. The average Bonchev–Trinajstić information content (AvgIpc) is 2.63. The normalized spacial score (nSPS) is 19.4. The van der Waals surface area contributed by atoms with E-state index in [1.54, 1.807) is 13.0 Å². The van der Waals surface area contributed by atoms with Crippen molar-refractivity contribution in [2.75, 3.05) is 13.2 Å². The number of carbonyl (C=O) groups excluding carboxylic acids is 1. The number of ketones is 1. The van der Waals surface area contributed by atoms with Gasteiger partial charge in [0.25, 0.3) is 0 Å². The molecule has 1 aliphatic heterocycles. The Kier molecular flexibility index (Phi) is 5.64. The first-order chi connectivity index (χ1) is 13.3. The van der Waals surface area contributed by atoms with Gasteiger partial charge in [-0.1, -0.05) is 6.07 Å². The highest BCUT2D eigenvalue weighted by Crippen LogP contribution is 2.31. The number of Topliss-reactive ketones (excluding diaryl/α,β-unsaturated/α-hetero) is 1. The zero-order chi connectivity index (χ0) is 20.3. The molecule has 0 saturated carbocycles. The molecule has 1 aromatic heterocycles. The van der Waals surface area contributed by atoms with Gasteiger partial charge < -0.3 is 15.2 Å². The average molecular weight is 393 g/mol. The monoisotopic (exact) mass is 393 g/mol. The Bertz CT molecular complexity index is 903. The summed E-state index contributed by atoms with van der Waals surface area (Å²) in [5, 5.41) is 0. The molecule has 1 atom stereocenters. The number of halogens is 3. The first-order valence-corrected chi connectivity index (χ1v) is 8.42. The van der Waals surface area contributed by atoms with Gasteiger partial charge in [-0.25, -0.2) is 9.37 Å². The van der Waals surface area contributed by atoms with Crippen molar-refractivity contribution in [2.45, 2.75) is 25.5 Å². The molecule has 1 aliphatic rings. The van der Waals surface area contributed by atoms with Gasteiger partial charge in [-0.05, 0) is 36.8 Å². The van der Waals surface area contributed by atoms with Gasteiger partial charge in [0.15, 0.2) is 5.78 Å². The Balaban J connectivity index is 1.79. The summed E-state index contributed by atoms with van der Waals surface area (Å²) >= 11 is 0. The third-order valence-electron chi connectivity index (χ3n) is 4.25. The number of nitrogens with zero attached hydrogens (tertiary/aromatic N) is 2. The van der Waals surface area contributed by atoms with Gasteiger partial charge in [-0.15, -0.1) is 0 Å². The molecule has 2 aromatic rings. The molecule has 0 saturated heterocycles. The second kappa shape index (κ2) is 7.97. The Labute approximate surface area is 159 Å². The molecule has 9 heteroatoms. The summed E-state index contributed by atoms with van der Waals surface area (Å²) in [6.45, 7) is -0.920. The number of benzene rings is 1. The van der Waals surface area contributed by atoms with Crippen molar-refractivity contribution in [1.29, 1.82) is 0 Å². The number of pyridine rings is 1. The molecule has 6 nitrogen and oxygen atoms in total. The van der Waals surface area contributed by atoms with E-state index in [0.717, 1.165) is 6.20 Å². The Morgan fingerprint density at radius 3 is 2.79 bits per heavy atom. The zero-order valence-electron chi connectivity index (χ0n) is 15.0. The lowest BCUT2D eigenvalue weighted by molar-refractivity contribution is -0.0500. The van der Waals surface area contributed by atoms with Gasteiger partial charge in [0.1, 0.15) is 35.2 Å². The van der Waals surface area contributed by atoms with Crippen LogP contribution in [0.4, 0.5) is 13.2 Å². The highest BCUT2D eigenvalue weighted by atomic mass is 19.3. The Morgan fingerprint density at radius 1 is 1.36 bits per heavy atom. The highest BCUT2D eigenvalue weighted by Gasteiger charge is 2.33.